The number of nitrogen functional groups attached to an aromatic ring is 1. The molecule has 3 nitrogen and oxygen atoms in total. The second-order valence-electron chi connectivity index (χ2n) is 4.94. The van der Waals surface area contributed by atoms with Gasteiger partial charge in [0.05, 0.1) is 5.75 Å². The van der Waals surface area contributed by atoms with Crippen molar-refractivity contribution in [1.82, 2.24) is 0 Å². The van der Waals surface area contributed by atoms with Crippen molar-refractivity contribution in [1.29, 1.82) is 0 Å². The molecule has 1 amide bonds. The molecular weight excluding hydrogens is 292 g/mol. The van der Waals surface area contributed by atoms with Gasteiger partial charge in [-0.25, -0.2) is 0 Å². The van der Waals surface area contributed by atoms with E-state index in [0.29, 0.717) is 11.4 Å². The van der Waals surface area contributed by atoms with Gasteiger partial charge in [0, 0.05) is 21.7 Å². The van der Waals surface area contributed by atoms with Crippen LogP contribution in [0.4, 0.5) is 11.4 Å². The Balaban J connectivity index is 1.68. The van der Waals surface area contributed by atoms with E-state index in [-0.39, 0.29) is 5.91 Å². The molecule has 0 atom stereocenters. The lowest BCUT2D eigenvalue weighted by Crippen LogP contribution is -2.14. The summed E-state index contributed by atoms with van der Waals surface area (Å²) in [6.45, 7) is 0. The summed E-state index contributed by atoms with van der Waals surface area (Å²) < 4.78 is 0. The molecular formula is C18H16N2OS. The van der Waals surface area contributed by atoms with Crippen molar-refractivity contribution in [3.8, 4) is 0 Å². The van der Waals surface area contributed by atoms with Crippen LogP contribution in [0, 0.1) is 0 Å². The maximum atomic E-state index is 12.2. The van der Waals surface area contributed by atoms with E-state index < -0.39 is 0 Å². The zero-order valence-corrected chi connectivity index (χ0v) is 12.8. The Kier molecular flexibility index (Phi) is 4.30. The van der Waals surface area contributed by atoms with E-state index in [9.17, 15) is 4.79 Å². The number of carbonyl (C=O) groups excluding carboxylic acids is 1. The fourth-order valence-electron chi connectivity index (χ4n) is 2.27. The van der Waals surface area contributed by atoms with Crippen LogP contribution in [0.5, 0.6) is 0 Å². The Hall–Kier alpha value is -2.46. The second-order valence-corrected chi connectivity index (χ2v) is 5.98. The van der Waals surface area contributed by atoms with E-state index in [1.54, 1.807) is 0 Å². The minimum atomic E-state index is -0.0243. The standard InChI is InChI=1S/C18H16N2OS/c19-14-7-4-8-15(11-14)22-12-18(21)20-17-10-3-6-13-5-1-2-9-16(13)17/h1-11H,12,19H2,(H,20,21). The molecule has 0 aliphatic heterocycles. The number of anilines is 2. The highest BCUT2D eigenvalue weighted by atomic mass is 32.2. The van der Waals surface area contributed by atoms with E-state index in [4.69, 9.17) is 5.73 Å². The SMILES string of the molecule is Nc1cccc(SCC(=O)Nc2cccc3ccccc23)c1. The van der Waals surface area contributed by atoms with Crippen LogP contribution in [-0.2, 0) is 4.79 Å². The molecule has 0 radical (unpaired) electrons. The van der Waals surface area contributed by atoms with Gasteiger partial charge in [-0.05, 0) is 29.7 Å². The van der Waals surface area contributed by atoms with Gasteiger partial charge in [-0.1, -0.05) is 42.5 Å². The van der Waals surface area contributed by atoms with Crippen molar-refractivity contribution in [2.75, 3.05) is 16.8 Å². The molecule has 22 heavy (non-hydrogen) atoms. The van der Waals surface area contributed by atoms with Gasteiger partial charge in [0.15, 0.2) is 0 Å². The summed E-state index contributed by atoms with van der Waals surface area (Å²) in [5, 5.41) is 5.14. The number of thioether (sulfide) groups is 1. The molecule has 110 valence electrons. The molecule has 0 heterocycles. The lowest BCUT2D eigenvalue weighted by molar-refractivity contribution is -0.113. The molecule has 3 aromatic rings. The number of amides is 1. The summed E-state index contributed by atoms with van der Waals surface area (Å²) in [5.74, 6) is 0.330. The van der Waals surface area contributed by atoms with E-state index in [0.717, 1.165) is 21.4 Å². The van der Waals surface area contributed by atoms with Crippen LogP contribution in [-0.4, -0.2) is 11.7 Å². The lowest BCUT2D eigenvalue weighted by atomic mass is 10.1. The summed E-state index contributed by atoms with van der Waals surface area (Å²) in [5.41, 5.74) is 7.29. The van der Waals surface area contributed by atoms with Crippen molar-refractivity contribution in [2.24, 2.45) is 0 Å². The number of nitrogens with two attached hydrogens (primary N) is 1. The Morgan fingerprint density at radius 3 is 2.64 bits per heavy atom. The van der Waals surface area contributed by atoms with Gasteiger partial charge in [-0.3, -0.25) is 4.79 Å². The number of carbonyl (C=O) groups is 1. The number of hydrogen-bond acceptors (Lipinski definition) is 3. The summed E-state index contributed by atoms with van der Waals surface area (Å²) in [6, 6.07) is 21.5. The predicted molar refractivity (Wildman–Crippen MR) is 94.2 cm³/mol. The van der Waals surface area contributed by atoms with Crippen molar-refractivity contribution in [3.63, 3.8) is 0 Å². The molecule has 0 bridgehead atoms. The smallest absolute Gasteiger partial charge is 0.234 e. The van der Waals surface area contributed by atoms with Crippen LogP contribution in [0.2, 0.25) is 0 Å². The fraction of sp³-hybridized carbons (Fsp3) is 0.0556. The molecule has 3 N–H and O–H groups in total. The zero-order chi connectivity index (χ0) is 15.4. The van der Waals surface area contributed by atoms with Gasteiger partial charge in [0.1, 0.15) is 0 Å². The third-order valence-electron chi connectivity index (χ3n) is 3.29. The highest BCUT2D eigenvalue weighted by Crippen LogP contribution is 2.24. The summed E-state index contributed by atoms with van der Waals surface area (Å²) in [7, 11) is 0. The molecule has 0 spiro atoms. The number of hydrogen-bond donors (Lipinski definition) is 2. The van der Waals surface area contributed by atoms with Gasteiger partial charge in [0.25, 0.3) is 0 Å². The van der Waals surface area contributed by atoms with Gasteiger partial charge in [-0.15, -0.1) is 11.8 Å². The van der Waals surface area contributed by atoms with E-state index in [1.807, 2.05) is 66.7 Å². The quantitative estimate of drug-likeness (QED) is 0.562. The first-order chi connectivity index (χ1) is 10.7. The monoisotopic (exact) mass is 308 g/mol. The lowest BCUT2D eigenvalue weighted by Gasteiger charge is -2.08. The number of benzene rings is 3. The topological polar surface area (TPSA) is 55.1 Å². The Labute approximate surface area is 133 Å². The average Bonchev–Trinajstić information content (AvgIpc) is 2.53. The van der Waals surface area contributed by atoms with E-state index >= 15 is 0 Å². The molecule has 0 aromatic heterocycles. The van der Waals surface area contributed by atoms with Crippen molar-refractivity contribution in [2.45, 2.75) is 4.90 Å². The molecule has 0 fully saturated rings. The predicted octanol–water partition coefficient (Wildman–Crippen LogP) is 4.15. The van der Waals surface area contributed by atoms with E-state index in [2.05, 4.69) is 5.32 Å². The number of fused-ring (bicyclic) bond motifs is 1. The molecule has 3 aromatic carbocycles. The van der Waals surface area contributed by atoms with Gasteiger partial charge >= 0.3 is 0 Å². The zero-order valence-electron chi connectivity index (χ0n) is 12.0. The largest absolute Gasteiger partial charge is 0.399 e. The van der Waals surface area contributed by atoms with E-state index in [1.165, 1.54) is 11.8 Å². The first-order valence-corrected chi connectivity index (χ1v) is 7.97. The first-order valence-electron chi connectivity index (χ1n) is 6.98. The van der Waals surface area contributed by atoms with Crippen molar-refractivity contribution < 1.29 is 4.79 Å². The normalized spacial score (nSPS) is 10.5. The second kappa shape index (κ2) is 6.54. The average molecular weight is 308 g/mol. The summed E-state index contributed by atoms with van der Waals surface area (Å²) >= 11 is 1.48. The Morgan fingerprint density at radius 1 is 1.00 bits per heavy atom. The minimum absolute atomic E-state index is 0.0243. The van der Waals surface area contributed by atoms with Gasteiger partial charge < -0.3 is 11.1 Å². The molecule has 0 saturated heterocycles. The van der Waals surface area contributed by atoms with Gasteiger partial charge in [0.2, 0.25) is 5.91 Å². The highest BCUT2D eigenvalue weighted by molar-refractivity contribution is 8.00. The molecule has 0 saturated carbocycles. The van der Waals surface area contributed by atoms with Crippen LogP contribution in [0.15, 0.2) is 71.6 Å². The summed E-state index contributed by atoms with van der Waals surface area (Å²) in [4.78, 5) is 13.1. The van der Waals surface area contributed by atoms with Crippen LogP contribution in [0.3, 0.4) is 0 Å². The highest BCUT2D eigenvalue weighted by Gasteiger charge is 2.06. The summed E-state index contributed by atoms with van der Waals surface area (Å²) in [6.07, 6.45) is 0. The maximum absolute atomic E-state index is 12.2. The molecule has 0 unspecified atom stereocenters. The van der Waals surface area contributed by atoms with Crippen LogP contribution in [0.25, 0.3) is 10.8 Å². The Morgan fingerprint density at radius 2 is 1.77 bits per heavy atom. The number of rotatable bonds is 4. The number of nitrogens with one attached hydrogen (secondary N) is 1. The third-order valence-corrected chi connectivity index (χ3v) is 4.29. The van der Waals surface area contributed by atoms with Crippen molar-refractivity contribution >= 4 is 39.8 Å². The first kappa shape index (κ1) is 14.5. The van der Waals surface area contributed by atoms with Crippen molar-refractivity contribution in [3.05, 3.63) is 66.7 Å². The molecule has 4 heteroatoms. The van der Waals surface area contributed by atoms with Crippen LogP contribution < -0.4 is 11.1 Å². The van der Waals surface area contributed by atoms with Gasteiger partial charge in [-0.2, -0.15) is 0 Å². The maximum Gasteiger partial charge on any atom is 0.234 e. The molecule has 3 rings (SSSR count). The van der Waals surface area contributed by atoms with Crippen LogP contribution >= 0.6 is 11.8 Å². The van der Waals surface area contributed by atoms with Crippen LogP contribution in [0.1, 0.15) is 0 Å². The fourth-order valence-corrected chi connectivity index (χ4v) is 3.04. The molecule has 0 aliphatic rings. The Bertz CT molecular complexity index is 812. The molecule has 0 aliphatic carbocycles. The minimum Gasteiger partial charge on any atom is -0.399 e. The third kappa shape index (κ3) is 3.40.